The monoisotopic (exact) mass is 606 g/mol. The predicted octanol–water partition coefficient (Wildman–Crippen LogP) is 6.36. The van der Waals surface area contributed by atoms with Crippen molar-refractivity contribution in [3.05, 3.63) is 102 Å². The van der Waals surface area contributed by atoms with E-state index in [1.54, 1.807) is 37.8 Å². The average Bonchev–Trinajstić information content (AvgIpc) is 3.68. The number of aromatic nitrogens is 3. The molecule has 0 fully saturated rings. The minimum atomic E-state index is -1.31. The maximum absolute atomic E-state index is 13.2. The molecule has 0 bridgehead atoms. The topological polar surface area (TPSA) is 125 Å². The van der Waals surface area contributed by atoms with E-state index in [1.165, 1.54) is 4.57 Å². The number of carboxylic acid groups (broad SMARTS) is 1. The number of nitrogens with zero attached hydrogens (tertiary/aromatic N) is 3. The van der Waals surface area contributed by atoms with Gasteiger partial charge in [0.05, 0.1) is 11.7 Å². The van der Waals surface area contributed by atoms with Gasteiger partial charge in [0.25, 0.3) is 0 Å². The first-order valence-electron chi connectivity index (χ1n) is 14.7. The summed E-state index contributed by atoms with van der Waals surface area (Å²) in [6, 6.07) is 20.2. The molecule has 0 radical (unpaired) electrons. The van der Waals surface area contributed by atoms with Gasteiger partial charge in [-0.2, -0.15) is 5.10 Å². The molecule has 0 unspecified atom stereocenters. The number of hydrogen-bond acceptors (Lipinski definition) is 6. The summed E-state index contributed by atoms with van der Waals surface area (Å²) >= 11 is 0. The Balaban J connectivity index is 1.23. The number of aryl methyl sites for hydroxylation is 1. The van der Waals surface area contributed by atoms with Crippen LogP contribution in [0.3, 0.4) is 0 Å². The van der Waals surface area contributed by atoms with E-state index < -0.39 is 29.8 Å². The first kappa shape index (κ1) is 29.7. The first-order chi connectivity index (χ1) is 21.5. The Bertz CT molecular complexity index is 1890. The van der Waals surface area contributed by atoms with Crippen LogP contribution in [0.4, 0.5) is 9.59 Å². The van der Waals surface area contributed by atoms with Gasteiger partial charge in [0.1, 0.15) is 18.2 Å². The summed E-state index contributed by atoms with van der Waals surface area (Å²) in [5.41, 5.74) is 6.35. The molecule has 0 saturated heterocycles. The number of nitrogens with one attached hydrogen (secondary N) is 1. The van der Waals surface area contributed by atoms with Gasteiger partial charge in [-0.25, -0.2) is 14.4 Å². The van der Waals surface area contributed by atoms with Gasteiger partial charge in [-0.3, -0.25) is 9.25 Å². The maximum atomic E-state index is 13.2. The zero-order valence-electron chi connectivity index (χ0n) is 25.5. The molecule has 1 amide bonds. The molecular weight excluding hydrogens is 572 g/mol. The lowest BCUT2D eigenvalue weighted by Crippen LogP contribution is -2.42. The van der Waals surface area contributed by atoms with Gasteiger partial charge in [0.2, 0.25) is 0 Å². The lowest BCUT2D eigenvalue weighted by Gasteiger charge is -2.19. The number of aliphatic carboxylic acids is 1. The number of alkyl carbamates (subject to hydrolysis) is 1. The van der Waals surface area contributed by atoms with E-state index in [0.717, 1.165) is 33.4 Å². The lowest BCUT2D eigenvalue weighted by atomic mass is 9.98. The molecule has 2 heterocycles. The van der Waals surface area contributed by atoms with Crippen molar-refractivity contribution >= 4 is 29.1 Å². The molecule has 5 aromatic rings. The SMILES string of the molecule is Cn1cc(-c2ccc3c(C[C@H](NC(=O)OCC4c5ccccc5-c5ccccc54)C(=O)O)cn(C(=O)OC(C)(C)C)c3c2)cn1. The third kappa shape index (κ3) is 6.04. The number of amides is 1. The minimum absolute atomic E-state index is 0.0568. The fourth-order valence-corrected chi connectivity index (χ4v) is 5.87. The zero-order valence-corrected chi connectivity index (χ0v) is 25.5. The Labute approximate surface area is 260 Å². The Morgan fingerprint density at radius 2 is 1.62 bits per heavy atom. The largest absolute Gasteiger partial charge is 0.480 e. The number of benzene rings is 3. The number of ether oxygens (including phenoxy) is 2. The quantitative estimate of drug-likeness (QED) is 0.221. The second-order valence-corrected chi connectivity index (χ2v) is 12.2. The number of carbonyl (C=O) groups excluding carboxylic acids is 2. The molecule has 0 saturated carbocycles. The summed E-state index contributed by atoms with van der Waals surface area (Å²) in [7, 11) is 1.82. The van der Waals surface area contributed by atoms with Gasteiger partial charge in [0, 0.05) is 42.7 Å². The molecular formula is C35H34N4O6. The van der Waals surface area contributed by atoms with Crippen LogP contribution < -0.4 is 5.32 Å². The number of rotatable bonds is 7. The molecule has 6 rings (SSSR count). The highest BCUT2D eigenvalue weighted by Crippen LogP contribution is 2.44. The maximum Gasteiger partial charge on any atom is 0.419 e. The van der Waals surface area contributed by atoms with Crippen LogP contribution in [0, 0.1) is 0 Å². The molecule has 1 atom stereocenters. The fourth-order valence-electron chi connectivity index (χ4n) is 5.87. The van der Waals surface area contributed by atoms with Crippen molar-refractivity contribution in [2.75, 3.05) is 6.61 Å². The van der Waals surface area contributed by atoms with Crippen LogP contribution >= 0.6 is 0 Å². The summed E-state index contributed by atoms with van der Waals surface area (Å²) in [5, 5.41) is 17.5. The third-order valence-electron chi connectivity index (χ3n) is 7.87. The van der Waals surface area contributed by atoms with E-state index in [-0.39, 0.29) is 18.9 Å². The van der Waals surface area contributed by atoms with E-state index in [1.807, 2.05) is 80.0 Å². The van der Waals surface area contributed by atoms with Crippen molar-refractivity contribution in [3.8, 4) is 22.3 Å². The Kier molecular flexibility index (Phi) is 7.66. The Morgan fingerprint density at radius 1 is 0.956 bits per heavy atom. The number of hydrogen-bond donors (Lipinski definition) is 2. The zero-order chi connectivity index (χ0) is 31.9. The standard InChI is InChI=1S/C35H34N4O6/c1-35(2,3)45-34(43)39-19-22(24-14-13-21(16-31(24)39)23-17-36-38(4)18-23)15-30(32(40)41)37-33(42)44-20-29-27-11-7-5-9-25(27)26-10-6-8-12-28(26)29/h5-14,16-19,29-30H,15,20H2,1-4H3,(H,37,42)(H,40,41)/t30-/m0/s1. The van der Waals surface area contributed by atoms with E-state index in [4.69, 9.17) is 9.47 Å². The second-order valence-electron chi connectivity index (χ2n) is 12.2. The summed E-state index contributed by atoms with van der Waals surface area (Å²) in [5.74, 6) is -1.39. The normalized spacial score (nSPS) is 13.2. The van der Waals surface area contributed by atoms with E-state index >= 15 is 0 Å². The van der Waals surface area contributed by atoms with E-state index in [9.17, 15) is 19.5 Å². The van der Waals surface area contributed by atoms with Crippen LogP contribution in [0.1, 0.15) is 43.4 Å². The van der Waals surface area contributed by atoms with Gasteiger partial charge >= 0.3 is 18.2 Å². The highest BCUT2D eigenvalue weighted by Gasteiger charge is 2.30. The highest BCUT2D eigenvalue weighted by molar-refractivity contribution is 5.95. The molecule has 45 heavy (non-hydrogen) atoms. The van der Waals surface area contributed by atoms with E-state index in [0.29, 0.717) is 16.5 Å². The van der Waals surface area contributed by atoms with Crippen LogP contribution in [0.25, 0.3) is 33.2 Å². The van der Waals surface area contributed by atoms with Crippen molar-refractivity contribution in [1.29, 1.82) is 0 Å². The van der Waals surface area contributed by atoms with Crippen molar-refractivity contribution in [3.63, 3.8) is 0 Å². The molecule has 1 aliphatic rings. The minimum Gasteiger partial charge on any atom is -0.480 e. The Morgan fingerprint density at radius 3 is 2.22 bits per heavy atom. The van der Waals surface area contributed by atoms with Crippen LogP contribution in [-0.4, -0.2) is 55.9 Å². The second kappa shape index (κ2) is 11.6. The molecule has 2 N–H and O–H groups in total. The van der Waals surface area contributed by atoms with Crippen molar-refractivity contribution in [2.45, 2.75) is 44.8 Å². The molecule has 10 heteroatoms. The molecule has 0 aliphatic heterocycles. The number of carboxylic acids is 1. The van der Waals surface area contributed by atoms with Crippen LogP contribution in [0.2, 0.25) is 0 Å². The molecule has 0 spiro atoms. The van der Waals surface area contributed by atoms with Crippen LogP contribution in [-0.2, 0) is 27.7 Å². The average molecular weight is 607 g/mol. The lowest BCUT2D eigenvalue weighted by molar-refractivity contribution is -0.139. The molecule has 3 aromatic carbocycles. The fraction of sp³-hybridized carbons (Fsp3) is 0.257. The summed E-state index contributed by atoms with van der Waals surface area (Å²) in [6.07, 6.45) is 3.64. The van der Waals surface area contributed by atoms with Crippen molar-refractivity contribution < 1.29 is 29.0 Å². The highest BCUT2D eigenvalue weighted by atomic mass is 16.6. The van der Waals surface area contributed by atoms with Gasteiger partial charge in [0.15, 0.2) is 0 Å². The number of carbonyl (C=O) groups is 3. The number of fused-ring (bicyclic) bond motifs is 4. The first-order valence-corrected chi connectivity index (χ1v) is 14.7. The third-order valence-corrected chi connectivity index (χ3v) is 7.87. The summed E-state index contributed by atoms with van der Waals surface area (Å²) in [6.45, 7) is 5.38. The van der Waals surface area contributed by atoms with Gasteiger partial charge < -0.3 is 19.9 Å². The van der Waals surface area contributed by atoms with Crippen LogP contribution in [0.5, 0.6) is 0 Å². The van der Waals surface area contributed by atoms with Gasteiger partial charge in [-0.1, -0.05) is 60.7 Å². The van der Waals surface area contributed by atoms with Gasteiger partial charge in [-0.15, -0.1) is 0 Å². The van der Waals surface area contributed by atoms with Crippen LogP contribution in [0.15, 0.2) is 85.3 Å². The van der Waals surface area contributed by atoms with Gasteiger partial charge in [-0.05, 0) is 60.2 Å². The summed E-state index contributed by atoms with van der Waals surface area (Å²) in [4.78, 5) is 38.6. The molecule has 2 aromatic heterocycles. The molecule has 10 nitrogen and oxygen atoms in total. The molecule has 1 aliphatic carbocycles. The van der Waals surface area contributed by atoms with E-state index in [2.05, 4.69) is 10.4 Å². The summed E-state index contributed by atoms with van der Waals surface area (Å²) < 4.78 is 14.3. The Hall–Kier alpha value is -5.38. The van der Waals surface area contributed by atoms with Crippen molar-refractivity contribution in [2.24, 2.45) is 7.05 Å². The van der Waals surface area contributed by atoms with Crippen molar-refractivity contribution in [1.82, 2.24) is 19.7 Å². The predicted molar refractivity (Wildman–Crippen MR) is 169 cm³/mol. The smallest absolute Gasteiger partial charge is 0.419 e. The molecule has 230 valence electrons.